The fourth-order valence-corrected chi connectivity index (χ4v) is 8.30. The second kappa shape index (κ2) is 21.7. The summed E-state index contributed by atoms with van der Waals surface area (Å²) in [5.74, 6) is -0.220. The number of nitrogens with two attached hydrogens (primary N) is 2. The maximum Gasteiger partial charge on any atom is 0.274 e. The van der Waals surface area contributed by atoms with Crippen LogP contribution in [0.3, 0.4) is 0 Å². The number of ether oxygens (including phenoxy) is 2. The highest BCUT2D eigenvalue weighted by atomic mass is 35.5. The predicted octanol–water partition coefficient (Wildman–Crippen LogP) is 7.18. The van der Waals surface area contributed by atoms with E-state index in [1.807, 2.05) is 86.4 Å². The third kappa shape index (κ3) is 10.8. The van der Waals surface area contributed by atoms with Gasteiger partial charge >= 0.3 is 0 Å². The molecule has 6 heterocycles. The number of pyridine rings is 2. The summed E-state index contributed by atoms with van der Waals surface area (Å²) in [5, 5.41) is 9.33. The van der Waals surface area contributed by atoms with Crippen LogP contribution in [0.2, 0.25) is 10.0 Å². The van der Waals surface area contributed by atoms with Gasteiger partial charge in [-0.15, -0.1) is 0 Å². The number of rotatable bonds is 16. The summed E-state index contributed by atoms with van der Waals surface area (Å²) in [7, 11) is 10.4. The summed E-state index contributed by atoms with van der Waals surface area (Å²) in [5.41, 5.74) is 22.6. The number of imidazole rings is 2. The highest BCUT2D eigenvalue weighted by molar-refractivity contribution is 6.31. The van der Waals surface area contributed by atoms with Crippen LogP contribution < -0.4 is 20.9 Å². The monoisotopic (exact) mass is 978 g/mol. The molecule has 4 N–H and O–H groups in total. The van der Waals surface area contributed by atoms with Crippen LogP contribution >= 0.6 is 23.2 Å². The van der Waals surface area contributed by atoms with E-state index in [4.69, 9.17) is 44.1 Å². The van der Waals surface area contributed by atoms with Crippen molar-refractivity contribution in [2.45, 2.75) is 39.5 Å². The molecule has 0 fully saturated rings. The summed E-state index contributed by atoms with van der Waals surface area (Å²) in [6.45, 7) is 5.40. The van der Waals surface area contributed by atoms with Crippen LogP contribution in [0, 0.1) is 19.7 Å². The Morgan fingerprint density at radius 1 is 0.667 bits per heavy atom. The number of fused-ring (bicyclic) bond motifs is 2. The highest BCUT2D eigenvalue weighted by Gasteiger charge is 2.24. The Morgan fingerprint density at radius 2 is 1.14 bits per heavy atom. The van der Waals surface area contributed by atoms with Gasteiger partial charge < -0.3 is 39.5 Å². The maximum absolute atomic E-state index is 15.2. The van der Waals surface area contributed by atoms with E-state index in [-0.39, 0.29) is 29.2 Å². The zero-order valence-electron chi connectivity index (χ0n) is 40.1. The van der Waals surface area contributed by atoms with E-state index in [1.165, 1.54) is 15.9 Å². The molecule has 0 saturated heterocycles. The van der Waals surface area contributed by atoms with Gasteiger partial charge in [0.25, 0.3) is 11.8 Å². The smallest absolute Gasteiger partial charge is 0.274 e. The minimum absolute atomic E-state index is 0.0303. The standard InChI is InChI=1S/C25H28ClFN6O2.C25H29ClN6O2/c1-15-18(23(30-32(15)4)25(34)31(2)3)10-12-35-24-19(6-7-20(26)22(24)27)16-5-8-21-29-13-17(9-11-28)33(21)14-16;1-16-20(24(29-31(16)4)25(33)30(2)3)10-12-34-22-13-18(26)6-7-21(22)17-5-8-23-28-14-19(9-11-27)32(23)15-17/h5-8,13-14H,9-12,28H2,1-4H3;5-8,13-15H,9-12,27H2,1-4H3. The maximum atomic E-state index is 15.2. The molecule has 0 aliphatic carbocycles. The van der Waals surface area contributed by atoms with Crippen molar-refractivity contribution < 1.29 is 23.5 Å². The molecular formula is C50H57Cl2FN12O4. The molecule has 0 saturated carbocycles. The predicted molar refractivity (Wildman–Crippen MR) is 267 cm³/mol. The van der Waals surface area contributed by atoms with Crippen LogP contribution in [0.15, 0.2) is 79.4 Å². The number of nitrogens with zero attached hydrogens (tertiary/aromatic N) is 10. The first kappa shape index (κ1) is 50.1. The number of hydrogen-bond acceptors (Lipinski definition) is 10. The van der Waals surface area contributed by atoms with Crippen LogP contribution in [0.1, 0.15) is 54.9 Å². The van der Waals surface area contributed by atoms with Crippen molar-refractivity contribution in [1.82, 2.24) is 48.1 Å². The molecule has 362 valence electrons. The molecule has 0 aliphatic rings. The summed E-state index contributed by atoms with van der Waals surface area (Å²) in [6.07, 6.45) is 9.91. The van der Waals surface area contributed by atoms with Crippen LogP contribution in [0.5, 0.6) is 11.5 Å². The lowest BCUT2D eigenvalue weighted by atomic mass is 10.1. The number of halogens is 3. The molecule has 2 aromatic carbocycles. The van der Waals surface area contributed by atoms with Crippen molar-refractivity contribution in [2.24, 2.45) is 25.6 Å². The Balaban J connectivity index is 0.000000204. The molecule has 0 aliphatic heterocycles. The molecule has 6 aromatic heterocycles. The minimum atomic E-state index is -0.635. The SMILES string of the molecule is Cc1c(CCOc2c(-c3ccc4ncc(CCN)n4c3)ccc(Cl)c2F)c(C(=O)N(C)C)nn1C.Cc1c(CCOc2cc(Cl)ccc2-c2ccc3ncc(CCN)n3c2)c(C(=O)N(C)C)nn1C. The lowest BCUT2D eigenvalue weighted by molar-refractivity contribution is 0.0812. The number of amides is 2. The van der Waals surface area contributed by atoms with E-state index in [0.717, 1.165) is 68.3 Å². The van der Waals surface area contributed by atoms with Crippen molar-refractivity contribution in [3.05, 3.63) is 141 Å². The van der Waals surface area contributed by atoms with Crippen molar-refractivity contribution >= 4 is 46.3 Å². The van der Waals surface area contributed by atoms with E-state index < -0.39 is 5.82 Å². The third-order valence-corrected chi connectivity index (χ3v) is 12.4. The minimum Gasteiger partial charge on any atom is -0.493 e. The molecule has 19 heteroatoms. The number of aryl methyl sites for hydroxylation is 2. The van der Waals surface area contributed by atoms with Crippen LogP contribution in [-0.2, 0) is 39.8 Å². The van der Waals surface area contributed by atoms with Crippen LogP contribution in [0.4, 0.5) is 4.39 Å². The first-order chi connectivity index (χ1) is 33.0. The summed E-state index contributed by atoms with van der Waals surface area (Å²) < 4.78 is 34.7. The average molecular weight is 980 g/mol. The summed E-state index contributed by atoms with van der Waals surface area (Å²) in [4.78, 5) is 37.0. The van der Waals surface area contributed by atoms with Gasteiger partial charge in [-0.2, -0.15) is 10.2 Å². The van der Waals surface area contributed by atoms with Crippen molar-refractivity contribution in [3.8, 4) is 33.8 Å². The number of carbonyl (C=O) groups excluding carboxylic acids is 2. The number of hydrogen-bond donors (Lipinski definition) is 2. The first-order valence-electron chi connectivity index (χ1n) is 22.4. The van der Waals surface area contributed by atoms with Crippen molar-refractivity contribution in [3.63, 3.8) is 0 Å². The topological polar surface area (TPSA) is 181 Å². The molecule has 0 spiro atoms. The quantitative estimate of drug-likeness (QED) is 0.101. The Labute approximate surface area is 410 Å². The molecule has 0 bridgehead atoms. The van der Waals surface area contributed by atoms with Gasteiger partial charge in [0.15, 0.2) is 23.0 Å². The molecule has 8 rings (SSSR count). The van der Waals surface area contributed by atoms with Gasteiger partial charge in [0.05, 0.1) is 18.2 Å². The molecular weight excluding hydrogens is 923 g/mol. The Bertz CT molecular complexity index is 3150. The fraction of sp³-hybridized carbons (Fsp3) is 0.320. The molecule has 0 unspecified atom stereocenters. The second-order valence-electron chi connectivity index (χ2n) is 16.9. The zero-order valence-corrected chi connectivity index (χ0v) is 41.6. The van der Waals surface area contributed by atoms with E-state index >= 15 is 4.39 Å². The number of aromatic nitrogens is 8. The highest BCUT2D eigenvalue weighted by Crippen LogP contribution is 2.37. The van der Waals surface area contributed by atoms with E-state index in [0.29, 0.717) is 66.7 Å². The third-order valence-electron chi connectivity index (χ3n) is 11.9. The van der Waals surface area contributed by atoms with Crippen LogP contribution in [0.25, 0.3) is 33.5 Å². The summed E-state index contributed by atoms with van der Waals surface area (Å²) >= 11 is 12.4. The molecule has 8 aromatic rings. The lowest BCUT2D eigenvalue weighted by Crippen LogP contribution is -2.23. The Kier molecular flexibility index (Phi) is 15.7. The van der Waals surface area contributed by atoms with Crippen molar-refractivity contribution in [1.29, 1.82) is 0 Å². The molecule has 0 atom stereocenters. The number of benzene rings is 2. The van der Waals surface area contributed by atoms with Gasteiger partial charge in [0.1, 0.15) is 17.0 Å². The van der Waals surface area contributed by atoms with Gasteiger partial charge in [-0.05, 0) is 81.5 Å². The zero-order chi connectivity index (χ0) is 49.7. The normalized spacial score (nSPS) is 11.3. The van der Waals surface area contributed by atoms with Crippen LogP contribution in [-0.4, -0.2) is 114 Å². The number of carbonyl (C=O) groups is 2. The average Bonchev–Trinajstić information content (AvgIpc) is 4.08. The Morgan fingerprint density at radius 3 is 1.64 bits per heavy atom. The molecule has 0 radical (unpaired) electrons. The first-order valence-corrected chi connectivity index (χ1v) is 23.1. The van der Waals surface area contributed by atoms with Gasteiger partial charge in [0, 0.05) is 154 Å². The Hall–Kier alpha value is -6.79. The fourth-order valence-electron chi connectivity index (χ4n) is 7.99. The van der Waals surface area contributed by atoms with E-state index in [1.54, 1.807) is 56.9 Å². The lowest BCUT2D eigenvalue weighted by Gasteiger charge is -2.15. The van der Waals surface area contributed by atoms with Crippen molar-refractivity contribution in [2.75, 3.05) is 54.5 Å². The van der Waals surface area contributed by atoms with Gasteiger partial charge in [-0.1, -0.05) is 23.2 Å². The van der Waals surface area contributed by atoms with Gasteiger partial charge in [-0.3, -0.25) is 19.0 Å². The second-order valence-corrected chi connectivity index (χ2v) is 17.8. The van der Waals surface area contributed by atoms with E-state index in [9.17, 15) is 9.59 Å². The van der Waals surface area contributed by atoms with Gasteiger partial charge in [0.2, 0.25) is 0 Å². The van der Waals surface area contributed by atoms with E-state index in [2.05, 4.69) is 24.6 Å². The molecule has 2 amide bonds. The largest absolute Gasteiger partial charge is 0.493 e. The molecule has 16 nitrogen and oxygen atoms in total. The molecule has 69 heavy (non-hydrogen) atoms. The summed E-state index contributed by atoms with van der Waals surface area (Å²) in [6, 6.07) is 16.6. The van der Waals surface area contributed by atoms with Gasteiger partial charge in [-0.25, -0.2) is 14.4 Å².